The Hall–Kier alpha value is -6.80. The quantitative estimate of drug-likeness (QED) is 0.0908. The van der Waals surface area contributed by atoms with Crippen molar-refractivity contribution in [1.82, 2.24) is 49.9 Å². The lowest BCUT2D eigenvalue weighted by Crippen LogP contribution is -2.55. The molecule has 0 spiro atoms. The summed E-state index contributed by atoms with van der Waals surface area (Å²) in [5.74, 6) is 1.34. The number of alkyl carbamates (subject to hydrolysis) is 2. The van der Waals surface area contributed by atoms with Crippen LogP contribution in [0.5, 0.6) is 5.75 Å². The summed E-state index contributed by atoms with van der Waals surface area (Å²) in [4.78, 5) is 79.7. The van der Waals surface area contributed by atoms with Crippen LogP contribution in [0.3, 0.4) is 0 Å². The summed E-state index contributed by atoms with van der Waals surface area (Å²) in [6, 6.07) is 9.30. The number of hydrogen-bond acceptors (Lipinski definition) is 12. The zero-order valence-electron chi connectivity index (χ0n) is 42.3. The highest BCUT2D eigenvalue weighted by molar-refractivity contribution is 7.11. The van der Waals surface area contributed by atoms with Gasteiger partial charge >= 0.3 is 12.2 Å². The van der Waals surface area contributed by atoms with Gasteiger partial charge in [0, 0.05) is 46.8 Å². The van der Waals surface area contributed by atoms with Crippen molar-refractivity contribution in [2.75, 3.05) is 27.4 Å². The number of piperidine rings is 1. The molecule has 388 valence electrons. The number of halogens is 1. The zero-order valence-corrected chi connectivity index (χ0v) is 43.1. The molecule has 0 bridgehead atoms. The van der Waals surface area contributed by atoms with Crippen molar-refractivity contribution in [2.45, 2.75) is 127 Å². The third-order valence-electron chi connectivity index (χ3n) is 16.0. The molecule has 2 aliphatic carbocycles. The number of carbonyl (C=O) groups is 4. The van der Waals surface area contributed by atoms with Gasteiger partial charge < -0.3 is 49.3 Å². The molecule has 20 heteroatoms. The topological polar surface area (TPSA) is 211 Å². The van der Waals surface area contributed by atoms with E-state index >= 15 is 4.39 Å². The summed E-state index contributed by atoms with van der Waals surface area (Å²) in [7, 11) is 2.58. The Balaban J connectivity index is 0.849. The van der Waals surface area contributed by atoms with Crippen LogP contribution in [-0.4, -0.2) is 114 Å². The Morgan fingerprint density at radius 2 is 1.61 bits per heavy atom. The maximum absolute atomic E-state index is 17.0. The Labute approximate surface area is 431 Å². The lowest BCUT2D eigenvalue weighted by atomic mass is 9.82. The fourth-order valence-corrected chi connectivity index (χ4v) is 13.1. The van der Waals surface area contributed by atoms with Crippen LogP contribution in [0.2, 0.25) is 0 Å². The second-order valence-electron chi connectivity index (χ2n) is 21.8. The van der Waals surface area contributed by atoms with Crippen LogP contribution in [0.25, 0.3) is 44.7 Å². The van der Waals surface area contributed by atoms with Crippen LogP contribution in [0, 0.1) is 23.6 Å². The van der Waals surface area contributed by atoms with Gasteiger partial charge in [0.25, 0.3) is 0 Å². The van der Waals surface area contributed by atoms with E-state index in [2.05, 4.69) is 26.7 Å². The molecule has 18 nitrogen and oxygen atoms in total. The van der Waals surface area contributed by atoms with Crippen LogP contribution in [0.1, 0.15) is 125 Å². The smallest absolute Gasteiger partial charge is 0.407 e. The number of hydrogen-bond donors (Lipinski definition) is 4. The van der Waals surface area contributed by atoms with Crippen molar-refractivity contribution in [3.05, 3.63) is 82.3 Å². The second kappa shape index (κ2) is 18.5. The number of ether oxygens (including phenoxy) is 4. The molecule has 8 atom stereocenters. The molecule has 0 radical (unpaired) electrons. The number of imidazole rings is 2. The molecule has 2 saturated carbocycles. The van der Waals surface area contributed by atoms with Crippen LogP contribution >= 0.6 is 11.3 Å². The normalized spacial score (nSPS) is 24.4. The number of rotatable bonds is 12. The number of aromatic amines is 2. The molecule has 3 unspecified atom stereocenters. The lowest BCUT2D eigenvalue weighted by Gasteiger charge is -2.40. The number of nitrogens with one attached hydrogen (secondary N) is 4. The molecule has 4 aliphatic heterocycles. The first-order chi connectivity index (χ1) is 35.7. The van der Waals surface area contributed by atoms with E-state index in [0.717, 1.165) is 59.3 Å². The Morgan fingerprint density at radius 3 is 2.34 bits per heavy atom. The molecule has 6 aliphatic rings. The zero-order chi connectivity index (χ0) is 51.3. The van der Waals surface area contributed by atoms with E-state index < -0.39 is 41.9 Å². The molecule has 74 heavy (non-hydrogen) atoms. The minimum absolute atomic E-state index is 0.0755. The third-order valence-corrected chi connectivity index (χ3v) is 17.2. The number of amides is 4. The number of likely N-dealkylation sites (tertiary alicyclic amines) is 2. The number of carbonyl (C=O) groups excluding carboxylic acids is 4. The van der Waals surface area contributed by atoms with Crippen LogP contribution in [0.15, 0.2) is 55.0 Å². The first-order valence-electron chi connectivity index (χ1n) is 25.8. The Morgan fingerprint density at radius 1 is 0.865 bits per heavy atom. The molecule has 3 saturated heterocycles. The van der Waals surface area contributed by atoms with Gasteiger partial charge in [-0.1, -0.05) is 19.9 Å². The average molecular weight is 1030 g/mol. The summed E-state index contributed by atoms with van der Waals surface area (Å²) in [5, 5.41) is 7.22. The van der Waals surface area contributed by atoms with Gasteiger partial charge in [-0.2, -0.15) is 0 Å². The number of nitrogens with zero attached hydrogens (tertiary/aromatic N) is 6. The molecule has 12 rings (SSSR count). The van der Waals surface area contributed by atoms with E-state index in [1.807, 2.05) is 67.6 Å². The fraction of sp³-hybridized carbons (Fsp3) is 0.500. The molecule has 5 fully saturated rings. The Kier molecular flexibility index (Phi) is 12.1. The minimum atomic E-state index is -0.776. The first kappa shape index (κ1) is 48.2. The van der Waals surface area contributed by atoms with E-state index in [9.17, 15) is 19.2 Å². The monoisotopic (exact) mass is 1030 g/mol. The van der Waals surface area contributed by atoms with Gasteiger partial charge in [0.15, 0.2) is 5.01 Å². The van der Waals surface area contributed by atoms with Gasteiger partial charge in [0.05, 0.1) is 72.5 Å². The molecule has 6 aromatic rings. The Bertz CT molecular complexity index is 3190. The standard InChI is InChI=1S/C54H61FN10O8S/c1-26(2)44(61-52(68)70-5)49(66)63-14-7-8-37(63)46-56-24-35(60-46)30-17-33(55)43-39-19-31-16-28(11-12-36(31)65(39)51(73-41(43)21-30)48-58-25-42(74-48)27-9-10-27)34-23-57-47(59-34)40-20-32-18-38(32)64(40)50(67)45(62-53(69)71-6)29-13-15-72-54(3,4)22-29/h11-12,16-17,19,21,23-27,29,32,37-38,40,44-45,51H,7-10,13-15,18,20,22H2,1-6H3,(H,56,60)(H,57,59)(H,61,68)(H,62,69)/t29?,32-,37+,38-,40+,44+,45?,51?/m1/s1. The summed E-state index contributed by atoms with van der Waals surface area (Å²) in [5.41, 5.74) is 4.12. The van der Waals surface area contributed by atoms with Crippen LogP contribution < -0.4 is 15.4 Å². The van der Waals surface area contributed by atoms with Gasteiger partial charge in [-0.3, -0.25) is 14.2 Å². The number of methoxy groups -OCH3 is 2. The van der Waals surface area contributed by atoms with E-state index in [1.165, 1.54) is 25.2 Å². The molecule has 2 aromatic carbocycles. The summed E-state index contributed by atoms with van der Waals surface area (Å²) < 4.78 is 41.7. The predicted octanol–water partition coefficient (Wildman–Crippen LogP) is 9.14. The third kappa shape index (κ3) is 8.66. The van der Waals surface area contributed by atoms with Gasteiger partial charge in [-0.15, -0.1) is 11.3 Å². The van der Waals surface area contributed by atoms with Crippen LogP contribution in [-0.2, 0) is 23.8 Å². The van der Waals surface area contributed by atoms with Gasteiger partial charge in [0.2, 0.25) is 18.0 Å². The second-order valence-corrected chi connectivity index (χ2v) is 22.9. The van der Waals surface area contributed by atoms with Crippen LogP contribution in [0.4, 0.5) is 14.0 Å². The molecule has 4 N–H and O–H groups in total. The molecule has 4 aromatic heterocycles. The van der Waals surface area contributed by atoms with E-state index in [0.29, 0.717) is 84.2 Å². The number of thiazole rings is 1. The first-order valence-corrected chi connectivity index (χ1v) is 26.7. The highest BCUT2D eigenvalue weighted by Gasteiger charge is 2.57. The molecular weight excluding hydrogens is 968 g/mol. The van der Waals surface area contributed by atoms with Crippen molar-refractivity contribution in [3.8, 4) is 39.5 Å². The maximum Gasteiger partial charge on any atom is 0.407 e. The highest BCUT2D eigenvalue weighted by atomic mass is 32.1. The van der Waals surface area contributed by atoms with E-state index in [-0.39, 0.29) is 41.8 Å². The summed E-state index contributed by atoms with van der Waals surface area (Å²) in [6.45, 7) is 8.77. The number of fused-ring (bicyclic) bond motifs is 6. The van der Waals surface area contributed by atoms with Crippen molar-refractivity contribution >= 4 is 46.2 Å². The van der Waals surface area contributed by atoms with Crippen molar-refractivity contribution in [2.24, 2.45) is 17.8 Å². The maximum atomic E-state index is 17.0. The van der Waals surface area contributed by atoms with Gasteiger partial charge in [0.1, 0.15) is 35.3 Å². The number of benzene rings is 2. The molecule has 8 heterocycles. The van der Waals surface area contributed by atoms with E-state index in [1.54, 1.807) is 28.6 Å². The van der Waals surface area contributed by atoms with Crippen molar-refractivity contribution in [1.29, 1.82) is 0 Å². The largest absolute Gasteiger partial charge is 0.462 e. The number of H-pyrrole nitrogens is 2. The summed E-state index contributed by atoms with van der Waals surface area (Å²) in [6.07, 6.45) is 10.0. The SMILES string of the molecule is COC(=O)NC(C(=O)N1[C@@H]2C[C@@H]2C[C@H]1c1ncc(-c2ccc3c(c2)cc2n3C(c3ncc(C4CC4)s3)Oc3cc(-c4cnc([C@@H]5CCCN5C(=O)[C@@H](NC(=O)OC)C(C)C)[nH]4)cc(F)c3-2)[nH]1)C1CCOC(C)(C)C1. The fourth-order valence-electron chi connectivity index (χ4n) is 12.0. The lowest BCUT2D eigenvalue weighted by molar-refractivity contribution is -0.140. The number of aromatic nitrogens is 6. The molecule has 4 amide bonds. The molecular formula is C54H61FN10O8S. The van der Waals surface area contributed by atoms with Gasteiger partial charge in [-0.25, -0.2) is 28.9 Å². The van der Waals surface area contributed by atoms with Crippen molar-refractivity contribution in [3.63, 3.8) is 0 Å². The van der Waals surface area contributed by atoms with E-state index in [4.69, 9.17) is 33.9 Å². The highest BCUT2D eigenvalue weighted by Crippen LogP contribution is 2.54. The predicted molar refractivity (Wildman–Crippen MR) is 271 cm³/mol. The minimum Gasteiger partial charge on any atom is -0.462 e. The van der Waals surface area contributed by atoms with Crippen molar-refractivity contribution < 1.29 is 42.5 Å². The van der Waals surface area contributed by atoms with Gasteiger partial charge in [-0.05, 0) is 119 Å². The summed E-state index contributed by atoms with van der Waals surface area (Å²) >= 11 is 1.62. The average Bonchev–Trinajstić information content (AvgIpc) is 3.84.